The average molecular weight is 323 g/mol. The summed E-state index contributed by atoms with van der Waals surface area (Å²) < 4.78 is 31.4. The van der Waals surface area contributed by atoms with E-state index in [1.54, 1.807) is 6.92 Å². The zero-order chi connectivity index (χ0) is 14.6. The second-order valence-corrected chi connectivity index (χ2v) is 6.52. The Labute approximate surface area is 123 Å². The number of hydrogen-bond acceptors (Lipinski definition) is 4. The minimum absolute atomic E-state index is 0.0563. The van der Waals surface area contributed by atoms with Gasteiger partial charge in [-0.05, 0) is 25.1 Å². The lowest BCUT2D eigenvalue weighted by atomic mass is 10.2. The molecule has 0 bridgehead atoms. The number of nitrogens with one attached hydrogen (secondary N) is 1. The first-order valence-corrected chi connectivity index (χ1v) is 7.66. The summed E-state index contributed by atoms with van der Waals surface area (Å²) in [6.45, 7) is 1.93. The van der Waals surface area contributed by atoms with Crippen LogP contribution in [0, 0.1) is 0 Å². The Bertz CT molecular complexity index is 575. The zero-order valence-corrected chi connectivity index (χ0v) is 12.9. The molecule has 0 amide bonds. The van der Waals surface area contributed by atoms with Gasteiger partial charge in [-0.2, -0.15) is 0 Å². The third-order valence-electron chi connectivity index (χ3n) is 2.48. The van der Waals surface area contributed by atoms with Crippen molar-refractivity contribution in [3.63, 3.8) is 0 Å². The van der Waals surface area contributed by atoms with Gasteiger partial charge in [-0.1, -0.05) is 23.8 Å². The Balaban J connectivity index is 2.96. The molecule has 1 aromatic rings. The summed E-state index contributed by atoms with van der Waals surface area (Å²) in [5, 5.41) is 0.204. The molecule has 106 valence electrons. The van der Waals surface area contributed by atoms with Gasteiger partial charge in [0.05, 0.1) is 16.0 Å². The van der Waals surface area contributed by atoms with E-state index in [0.29, 0.717) is 5.56 Å². The smallest absolute Gasteiger partial charge is 0.240 e. The van der Waals surface area contributed by atoms with Gasteiger partial charge in [-0.25, -0.2) is 13.1 Å². The fourth-order valence-corrected chi connectivity index (χ4v) is 2.98. The van der Waals surface area contributed by atoms with Gasteiger partial charge in [0.2, 0.25) is 10.0 Å². The van der Waals surface area contributed by atoms with Gasteiger partial charge in [-0.3, -0.25) is 0 Å². The van der Waals surface area contributed by atoms with Crippen molar-refractivity contribution in [2.24, 2.45) is 5.73 Å². The van der Waals surface area contributed by atoms with E-state index in [0.717, 1.165) is 0 Å². The molecule has 0 saturated heterocycles. The van der Waals surface area contributed by atoms with Crippen molar-refractivity contribution >= 4 is 38.8 Å². The largest absolute Gasteiger partial charge is 0.389 e. The molecule has 3 N–H and O–H groups in total. The van der Waals surface area contributed by atoms with Gasteiger partial charge in [0, 0.05) is 19.2 Å². The summed E-state index contributed by atoms with van der Waals surface area (Å²) in [4.78, 5) is 0.177. The molecule has 0 aliphatic heterocycles. The van der Waals surface area contributed by atoms with Gasteiger partial charge >= 0.3 is 0 Å². The zero-order valence-electron chi connectivity index (χ0n) is 10.5. The SMILES string of the molecule is COC(C)CNS(=O)(=O)c1ccc(C(N)=S)c(Cl)c1. The number of hydrogen-bond donors (Lipinski definition) is 2. The quantitative estimate of drug-likeness (QED) is 0.771. The topological polar surface area (TPSA) is 81.4 Å². The number of methoxy groups -OCH3 is 1. The van der Waals surface area contributed by atoms with Crippen LogP contribution < -0.4 is 10.5 Å². The van der Waals surface area contributed by atoms with E-state index in [1.165, 1.54) is 25.3 Å². The predicted molar refractivity (Wildman–Crippen MR) is 79.0 cm³/mol. The van der Waals surface area contributed by atoms with Crippen LogP contribution in [0.2, 0.25) is 5.02 Å². The number of rotatable bonds is 6. The van der Waals surface area contributed by atoms with Crippen molar-refractivity contribution in [3.05, 3.63) is 28.8 Å². The van der Waals surface area contributed by atoms with Crippen LogP contribution in [-0.2, 0) is 14.8 Å². The van der Waals surface area contributed by atoms with Crippen LogP contribution in [-0.4, -0.2) is 33.2 Å². The highest BCUT2D eigenvalue weighted by Gasteiger charge is 2.17. The van der Waals surface area contributed by atoms with E-state index in [1.807, 2.05) is 0 Å². The molecular formula is C11H15ClN2O3S2. The summed E-state index contributed by atoms with van der Waals surface area (Å²) >= 11 is 10.7. The van der Waals surface area contributed by atoms with Crippen LogP contribution >= 0.6 is 23.8 Å². The third-order valence-corrected chi connectivity index (χ3v) is 4.43. The van der Waals surface area contributed by atoms with E-state index in [9.17, 15) is 8.42 Å². The molecule has 1 unspecified atom stereocenters. The first-order chi connectivity index (χ1) is 8.77. The highest BCUT2D eigenvalue weighted by Crippen LogP contribution is 2.20. The molecule has 0 aromatic heterocycles. The lowest BCUT2D eigenvalue weighted by molar-refractivity contribution is 0.122. The maximum absolute atomic E-state index is 12.0. The van der Waals surface area contributed by atoms with Crippen molar-refractivity contribution in [3.8, 4) is 0 Å². The van der Waals surface area contributed by atoms with Crippen molar-refractivity contribution in [1.82, 2.24) is 4.72 Å². The van der Waals surface area contributed by atoms with E-state index in [-0.39, 0.29) is 27.6 Å². The Morgan fingerprint density at radius 3 is 2.68 bits per heavy atom. The van der Waals surface area contributed by atoms with E-state index in [2.05, 4.69) is 4.72 Å². The molecule has 0 spiro atoms. The second-order valence-electron chi connectivity index (χ2n) is 3.90. The molecule has 5 nitrogen and oxygen atoms in total. The van der Waals surface area contributed by atoms with Gasteiger partial charge in [0.1, 0.15) is 4.99 Å². The van der Waals surface area contributed by atoms with Crippen LogP contribution in [0.5, 0.6) is 0 Å². The van der Waals surface area contributed by atoms with Crippen LogP contribution in [0.1, 0.15) is 12.5 Å². The highest BCUT2D eigenvalue weighted by atomic mass is 35.5. The van der Waals surface area contributed by atoms with Crippen LogP contribution in [0.15, 0.2) is 23.1 Å². The van der Waals surface area contributed by atoms with Gasteiger partial charge in [0.25, 0.3) is 0 Å². The first kappa shape index (κ1) is 16.3. The third kappa shape index (κ3) is 4.39. The lowest BCUT2D eigenvalue weighted by Gasteiger charge is -2.12. The Morgan fingerprint density at radius 1 is 1.58 bits per heavy atom. The molecule has 0 aliphatic rings. The molecular weight excluding hydrogens is 308 g/mol. The Morgan fingerprint density at radius 2 is 2.21 bits per heavy atom. The molecule has 8 heteroatoms. The fraction of sp³-hybridized carbons (Fsp3) is 0.364. The lowest BCUT2D eigenvalue weighted by Crippen LogP contribution is -2.31. The minimum atomic E-state index is -3.63. The maximum atomic E-state index is 12.0. The monoisotopic (exact) mass is 322 g/mol. The van der Waals surface area contributed by atoms with Crippen molar-refractivity contribution in [2.75, 3.05) is 13.7 Å². The van der Waals surface area contributed by atoms with Gasteiger partial charge < -0.3 is 10.5 Å². The van der Waals surface area contributed by atoms with Gasteiger partial charge in [0.15, 0.2) is 0 Å². The van der Waals surface area contributed by atoms with E-state index >= 15 is 0 Å². The fourth-order valence-electron chi connectivity index (χ4n) is 1.26. The van der Waals surface area contributed by atoms with Crippen LogP contribution in [0.3, 0.4) is 0 Å². The van der Waals surface area contributed by atoms with Crippen molar-refractivity contribution in [2.45, 2.75) is 17.9 Å². The predicted octanol–water partition coefficient (Wildman–Crippen LogP) is 1.29. The molecule has 1 aromatic carbocycles. The van der Waals surface area contributed by atoms with Crippen LogP contribution in [0.4, 0.5) is 0 Å². The number of benzene rings is 1. The molecule has 1 atom stereocenters. The van der Waals surface area contributed by atoms with Crippen molar-refractivity contribution in [1.29, 1.82) is 0 Å². The number of ether oxygens (including phenoxy) is 1. The molecule has 0 aliphatic carbocycles. The number of thiocarbonyl (C=S) groups is 1. The molecule has 1 rings (SSSR count). The molecule has 0 fully saturated rings. The molecule has 0 radical (unpaired) electrons. The molecule has 0 saturated carbocycles. The number of nitrogens with two attached hydrogens (primary N) is 1. The summed E-state index contributed by atoms with van der Waals surface area (Å²) in [6.07, 6.45) is -0.221. The standard InChI is InChI=1S/C11H15ClN2O3S2/c1-7(17-2)6-14-19(15,16)8-3-4-9(11(13)18)10(12)5-8/h3-5,7,14H,6H2,1-2H3,(H2,13,18). The Hall–Kier alpha value is -0.730. The van der Waals surface area contributed by atoms with Crippen molar-refractivity contribution < 1.29 is 13.2 Å². The summed E-state index contributed by atoms with van der Waals surface area (Å²) in [5.41, 5.74) is 5.90. The minimum Gasteiger partial charge on any atom is -0.389 e. The Kier molecular flexibility index (Phi) is 5.69. The van der Waals surface area contributed by atoms with E-state index in [4.69, 9.17) is 34.3 Å². The molecule has 19 heavy (non-hydrogen) atoms. The normalized spacial score (nSPS) is 13.2. The maximum Gasteiger partial charge on any atom is 0.240 e. The number of sulfonamides is 1. The van der Waals surface area contributed by atoms with Gasteiger partial charge in [-0.15, -0.1) is 0 Å². The molecule has 0 heterocycles. The van der Waals surface area contributed by atoms with E-state index < -0.39 is 10.0 Å². The highest BCUT2D eigenvalue weighted by molar-refractivity contribution is 7.89. The number of halogens is 1. The summed E-state index contributed by atoms with van der Waals surface area (Å²) in [6, 6.07) is 4.20. The second kappa shape index (κ2) is 6.62. The van der Waals surface area contributed by atoms with Crippen LogP contribution in [0.25, 0.3) is 0 Å². The average Bonchev–Trinajstić information content (AvgIpc) is 2.35. The summed E-state index contributed by atoms with van der Waals surface area (Å²) in [5.74, 6) is 0. The first-order valence-electron chi connectivity index (χ1n) is 5.39. The summed E-state index contributed by atoms with van der Waals surface area (Å²) in [7, 11) is -2.12.